The topological polar surface area (TPSA) is 55.1 Å². The van der Waals surface area contributed by atoms with Gasteiger partial charge in [-0.2, -0.15) is 0 Å². The van der Waals surface area contributed by atoms with Gasteiger partial charge in [-0.25, -0.2) is 4.39 Å². The molecule has 1 aliphatic carbocycles. The molecule has 1 unspecified atom stereocenters. The second-order valence-electron chi connectivity index (χ2n) is 5.44. The minimum atomic E-state index is -0.506. The molecule has 0 aliphatic heterocycles. The third kappa shape index (κ3) is 3.05. The zero-order chi connectivity index (χ0) is 14.8. The minimum absolute atomic E-state index is 0.00461. The average Bonchev–Trinajstić information content (AvgIpc) is 3.33. The number of rotatable bonds is 4. The highest BCUT2D eigenvalue weighted by atomic mass is 19.1. The summed E-state index contributed by atoms with van der Waals surface area (Å²) in [6.45, 7) is 0. The number of hydrogen-bond acceptors (Lipinski definition) is 2. The number of nitrogens with two attached hydrogens (primary N) is 1. The van der Waals surface area contributed by atoms with Crippen LogP contribution in [0.3, 0.4) is 0 Å². The second-order valence-corrected chi connectivity index (χ2v) is 5.44. The second kappa shape index (κ2) is 5.56. The first-order valence-corrected chi connectivity index (χ1v) is 7.06. The van der Waals surface area contributed by atoms with E-state index in [-0.39, 0.29) is 17.6 Å². The third-order valence-electron chi connectivity index (χ3n) is 3.80. The average molecular weight is 284 g/mol. The molecule has 1 fully saturated rings. The first-order chi connectivity index (χ1) is 10.1. The van der Waals surface area contributed by atoms with Crippen molar-refractivity contribution < 1.29 is 9.18 Å². The van der Waals surface area contributed by atoms with Crippen LogP contribution in [0.2, 0.25) is 0 Å². The molecule has 108 valence electrons. The van der Waals surface area contributed by atoms with Crippen LogP contribution in [0.1, 0.15) is 34.8 Å². The zero-order valence-corrected chi connectivity index (χ0v) is 11.6. The molecule has 0 saturated heterocycles. The molecule has 1 atom stereocenters. The molecule has 3 N–H and O–H groups in total. The Morgan fingerprint density at radius 3 is 2.52 bits per heavy atom. The number of carbonyl (C=O) groups excluding carboxylic acids is 1. The fourth-order valence-electron chi connectivity index (χ4n) is 2.47. The Hall–Kier alpha value is -2.36. The maximum Gasteiger partial charge on any atom is 0.251 e. The largest absolute Gasteiger partial charge is 0.396 e. The number of hydrogen-bond donors (Lipinski definition) is 2. The van der Waals surface area contributed by atoms with E-state index in [1.807, 2.05) is 30.3 Å². The summed E-state index contributed by atoms with van der Waals surface area (Å²) in [5, 5.41) is 3.04. The number of carbonyl (C=O) groups is 1. The van der Waals surface area contributed by atoms with Gasteiger partial charge in [0.05, 0.1) is 11.7 Å². The molecular weight excluding hydrogens is 267 g/mol. The van der Waals surface area contributed by atoms with Crippen molar-refractivity contribution in [2.75, 3.05) is 5.73 Å². The van der Waals surface area contributed by atoms with Crippen molar-refractivity contribution in [3.05, 3.63) is 65.5 Å². The Morgan fingerprint density at radius 1 is 1.19 bits per heavy atom. The van der Waals surface area contributed by atoms with Gasteiger partial charge in [-0.3, -0.25) is 4.79 Å². The van der Waals surface area contributed by atoms with Gasteiger partial charge in [-0.05, 0) is 42.5 Å². The molecular formula is C17H17FN2O. The molecule has 1 aliphatic rings. The number of anilines is 1. The van der Waals surface area contributed by atoms with E-state index in [0.29, 0.717) is 11.5 Å². The van der Waals surface area contributed by atoms with Crippen LogP contribution >= 0.6 is 0 Å². The number of nitrogen functional groups attached to an aromatic ring is 1. The molecule has 0 radical (unpaired) electrons. The van der Waals surface area contributed by atoms with Gasteiger partial charge in [-0.15, -0.1) is 0 Å². The monoisotopic (exact) mass is 284 g/mol. The lowest BCUT2D eigenvalue weighted by Gasteiger charge is -2.19. The van der Waals surface area contributed by atoms with Crippen LogP contribution in [0.15, 0.2) is 48.5 Å². The summed E-state index contributed by atoms with van der Waals surface area (Å²) in [6.07, 6.45) is 2.23. The summed E-state index contributed by atoms with van der Waals surface area (Å²) in [7, 11) is 0. The number of nitrogens with one attached hydrogen (secondary N) is 1. The quantitative estimate of drug-likeness (QED) is 0.846. The van der Waals surface area contributed by atoms with Crippen molar-refractivity contribution in [1.82, 2.24) is 5.32 Å². The first kappa shape index (κ1) is 13.6. The molecule has 0 heterocycles. The van der Waals surface area contributed by atoms with Gasteiger partial charge in [0.1, 0.15) is 5.82 Å². The van der Waals surface area contributed by atoms with Crippen molar-refractivity contribution in [3.8, 4) is 0 Å². The van der Waals surface area contributed by atoms with E-state index >= 15 is 0 Å². The minimum Gasteiger partial charge on any atom is -0.396 e. The predicted molar refractivity (Wildman–Crippen MR) is 80.2 cm³/mol. The molecule has 0 bridgehead atoms. The molecule has 4 heteroatoms. The van der Waals surface area contributed by atoms with Gasteiger partial charge in [0.2, 0.25) is 0 Å². The van der Waals surface area contributed by atoms with Crippen molar-refractivity contribution >= 4 is 11.6 Å². The Labute approximate surface area is 123 Å². The van der Waals surface area contributed by atoms with E-state index < -0.39 is 5.82 Å². The molecule has 3 nitrogen and oxygen atoms in total. The molecule has 0 spiro atoms. The summed E-state index contributed by atoms with van der Waals surface area (Å²) >= 11 is 0. The van der Waals surface area contributed by atoms with Crippen LogP contribution in [0.5, 0.6) is 0 Å². The van der Waals surface area contributed by atoms with Gasteiger partial charge in [-0.1, -0.05) is 30.3 Å². The molecule has 3 rings (SSSR count). The zero-order valence-electron chi connectivity index (χ0n) is 11.6. The highest BCUT2D eigenvalue weighted by Gasteiger charge is 2.33. The number of halogens is 1. The summed E-state index contributed by atoms with van der Waals surface area (Å²) in [5.41, 5.74) is 6.99. The molecule has 2 aromatic carbocycles. The van der Waals surface area contributed by atoms with E-state index in [1.54, 1.807) is 0 Å². The SMILES string of the molecule is Nc1cc(C(=O)NC(c2ccccc2)C2CC2)ccc1F. The Morgan fingerprint density at radius 2 is 1.90 bits per heavy atom. The maximum absolute atomic E-state index is 13.2. The van der Waals surface area contributed by atoms with E-state index in [9.17, 15) is 9.18 Å². The van der Waals surface area contributed by atoms with Gasteiger partial charge in [0, 0.05) is 5.56 Å². The van der Waals surface area contributed by atoms with Gasteiger partial charge in [0.15, 0.2) is 0 Å². The van der Waals surface area contributed by atoms with Crippen LogP contribution < -0.4 is 11.1 Å². The van der Waals surface area contributed by atoms with E-state index in [2.05, 4.69) is 5.32 Å². The van der Waals surface area contributed by atoms with Crippen LogP contribution in [0.4, 0.5) is 10.1 Å². The third-order valence-corrected chi connectivity index (χ3v) is 3.80. The number of benzene rings is 2. The summed E-state index contributed by atoms with van der Waals surface area (Å²) in [5.74, 6) is -0.245. The lowest BCUT2D eigenvalue weighted by Crippen LogP contribution is -2.30. The normalized spacial score (nSPS) is 15.5. The lowest BCUT2D eigenvalue weighted by atomic mass is 10.0. The summed E-state index contributed by atoms with van der Waals surface area (Å²) < 4.78 is 13.2. The molecule has 2 aromatic rings. The summed E-state index contributed by atoms with van der Waals surface area (Å²) in [6, 6.07) is 14.0. The van der Waals surface area contributed by atoms with Gasteiger partial charge in [0.25, 0.3) is 5.91 Å². The van der Waals surface area contributed by atoms with Crippen molar-refractivity contribution in [2.24, 2.45) is 5.92 Å². The van der Waals surface area contributed by atoms with E-state index in [1.165, 1.54) is 18.2 Å². The predicted octanol–water partition coefficient (Wildman–Crippen LogP) is 3.29. The summed E-state index contributed by atoms with van der Waals surface area (Å²) in [4.78, 5) is 12.3. The van der Waals surface area contributed by atoms with Crippen LogP contribution in [0, 0.1) is 11.7 Å². The number of amides is 1. The van der Waals surface area contributed by atoms with Crippen LogP contribution in [0.25, 0.3) is 0 Å². The molecule has 1 saturated carbocycles. The van der Waals surface area contributed by atoms with Crippen LogP contribution in [-0.4, -0.2) is 5.91 Å². The fourth-order valence-corrected chi connectivity index (χ4v) is 2.47. The fraction of sp³-hybridized carbons (Fsp3) is 0.235. The Balaban J connectivity index is 1.79. The van der Waals surface area contributed by atoms with Gasteiger partial charge >= 0.3 is 0 Å². The van der Waals surface area contributed by atoms with Crippen molar-refractivity contribution in [3.63, 3.8) is 0 Å². The molecule has 1 amide bonds. The van der Waals surface area contributed by atoms with Crippen LogP contribution in [-0.2, 0) is 0 Å². The smallest absolute Gasteiger partial charge is 0.251 e. The van der Waals surface area contributed by atoms with Crippen molar-refractivity contribution in [1.29, 1.82) is 0 Å². The highest BCUT2D eigenvalue weighted by Crippen LogP contribution is 2.41. The molecule has 0 aromatic heterocycles. The van der Waals surface area contributed by atoms with E-state index in [0.717, 1.165) is 18.4 Å². The Bertz CT molecular complexity index is 653. The first-order valence-electron chi connectivity index (χ1n) is 7.06. The Kier molecular flexibility index (Phi) is 3.60. The van der Waals surface area contributed by atoms with Crippen molar-refractivity contribution in [2.45, 2.75) is 18.9 Å². The maximum atomic E-state index is 13.2. The van der Waals surface area contributed by atoms with E-state index in [4.69, 9.17) is 5.73 Å². The lowest BCUT2D eigenvalue weighted by molar-refractivity contribution is 0.0931. The molecule has 21 heavy (non-hydrogen) atoms. The van der Waals surface area contributed by atoms with Gasteiger partial charge < -0.3 is 11.1 Å². The standard InChI is InChI=1S/C17H17FN2O/c18-14-9-8-13(10-15(14)19)17(21)20-16(12-6-7-12)11-4-2-1-3-5-11/h1-5,8-10,12,16H,6-7,19H2,(H,20,21). The highest BCUT2D eigenvalue weighted by molar-refractivity contribution is 5.95.